The van der Waals surface area contributed by atoms with Crippen LogP contribution in [0, 0.1) is 0 Å². The van der Waals surface area contributed by atoms with E-state index in [1.807, 2.05) is 0 Å². The average molecular weight is 186 g/mol. The van der Waals surface area contributed by atoms with Gasteiger partial charge in [-0.2, -0.15) is 0 Å². The molecule has 0 amide bonds. The van der Waals surface area contributed by atoms with Gasteiger partial charge in [-0.15, -0.1) is 0 Å². The molecule has 0 unspecified atom stereocenters. The van der Waals surface area contributed by atoms with Crippen LogP contribution in [0.25, 0.3) is 0 Å². The van der Waals surface area contributed by atoms with Gasteiger partial charge in [-0.25, -0.2) is 4.39 Å². The van der Waals surface area contributed by atoms with Crippen LogP contribution in [0.1, 0.15) is 71.1 Å². The maximum absolute atomic E-state index is 14.2. The molecule has 0 N–H and O–H groups in total. The van der Waals surface area contributed by atoms with Crippen molar-refractivity contribution in [2.45, 2.75) is 76.8 Å². The first kappa shape index (κ1) is 11.0. The van der Waals surface area contributed by atoms with Crippen molar-refractivity contribution in [2.75, 3.05) is 0 Å². The highest BCUT2D eigenvalue weighted by Crippen LogP contribution is 2.32. The molecule has 0 aromatic carbocycles. The van der Waals surface area contributed by atoms with Gasteiger partial charge in [0.1, 0.15) is 5.67 Å². The molecule has 0 bridgehead atoms. The highest BCUT2D eigenvalue weighted by Gasteiger charge is 2.27. The maximum Gasteiger partial charge on any atom is 0.111 e. The van der Waals surface area contributed by atoms with E-state index < -0.39 is 5.67 Å². The molecule has 1 saturated carbocycles. The van der Waals surface area contributed by atoms with Crippen molar-refractivity contribution in [1.29, 1.82) is 0 Å². The molecule has 0 atom stereocenters. The summed E-state index contributed by atoms with van der Waals surface area (Å²) in [7, 11) is 0. The monoisotopic (exact) mass is 186 g/mol. The van der Waals surface area contributed by atoms with Crippen LogP contribution in [-0.2, 0) is 0 Å². The fourth-order valence-electron chi connectivity index (χ4n) is 2.41. The minimum absolute atomic E-state index is 0.785. The molecule has 0 nitrogen and oxygen atoms in total. The summed E-state index contributed by atoms with van der Waals surface area (Å²) in [6, 6.07) is 0. The molecule has 1 aliphatic rings. The van der Waals surface area contributed by atoms with Gasteiger partial charge in [0, 0.05) is 0 Å². The van der Waals surface area contributed by atoms with E-state index in [1.165, 1.54) is 25.7 Å². The Labute approximate surface area is 81.9 Å². The highest BCUT2D eigenvalue weighted by molar-refractivity contribution is 4.79. The van der Waals surface area contributed by atoms with E-state index in [4.69, 9.17) is 0 Å². The van der Waals surface area contributed by atoms with Gasteiger partial charge in [-0.1, -0.05) is 51.9 Å². The van der Waals surface area contributed by atoms with Gasteiger partial charge in [0.15, 0.2) is 0 Å². The lowest BCUT2D eigenvalue weighted by Crippen LogP contribution is -2.22. The molecule has 0 saturated heterocycles. The molecule has 0 spiro atoms. The topological polar surface area (TPSA) is 0 Å². The number of hydrogen-bond acceptors (Lipinski definition) is 0. The summed E-state index contributed by atoms with van der Waals surface area (Å²) < 4.78 is 14.2. The largest absolute Gasteiger partial charge is 0.244 e. The Morgan fingerprint density at radius 3 is 1.85 bits per heavy atom. The molecule has 0 heterocycles. The molecular formula is C12H23F. The third kappa shape index (κ3) is 4.10. The Hall–Kier alpha value is -0.0700. The normalized spacial score (nSPS) is 24.5. The van der Waals surface area contributed by atoms with E-state index in [0.29, 0.717) is 0 Å². The lowest BCUT2D eigenvalue weighted by molar-refractivity contribution is 0.118. The summed E-state index contributed by atoms with van der Waals surface area (Å²) in [4.78, 5) is 0. The van der Waals surface area contributed by atoms with E-state index in [9.17, 15) is 4.39 Å². The molecule has 78 valence electrons. The smallest absolute Gasteiger partial charge is 0.111 e. The van der Waals surface area contributed by atoms with Crippen LogP contribution in [0.15, 0.2) is 0 Å². The van der Waals surface area contributed by atoms with Crippen LogP contribution >= 0.6 is 0 Å². The van der Waals surface area contributed by atoms with Crippen molar-refractivity contribution in [3.05, 3.63) is 0 Å². The van der Waals surface area contributed by atoms with Crippen molar-refractivity contribution < 1.29 is 4.39 Å². The second-order valence-corrected chi connectivity index (χ2v) is 4.52. The van der Waals surface area contributed by atoms with Crippen molar-refractivity contribution >= 4 is 0 Å². The molecule has 0 radical (unpaired) electrons. The van der Waals surface area contributed by atoms with Crippen LogP contribution in [-0.4, -0.2) is 5.67 Å². The number of hydrogen-bond donors (Lipinski definition) is 0. The molecule has 13 heavy (non-hydrogen) atoms. The molecule has 1 heteroatoms. The van der Waals surface area contributed by atoms with E-state index in [-0.39, 0.29) is 0 Å². The first-order valence-corrected chi connectivity index (χ1v) is 5.96. The molecule has 0 aliphatic heterocycles. The zero-order valence-corrected chi connectivity index (χ0v) is 8.95. The summed E-state index contributed by atoms with van der Waals surface area (Å²) in [5.41, 5.74) is -0.806. The molecule has 0 aromatic rings. The van der Waals surface area contributed by atoms with Gasteiger partial charge < -0.3 is 0 Å². The zero-order chi connectivity index (χ0) is 9.57. The molecule has 1 fully saturated rings. The summed E-state index contributed by atoms with van der Waals surface area (Å²) in [5.74, 6) is 0. The van der Waals surface area contributed by atoms with Crippen molar-refractivity contribution in [2.24, 2.45) is 0 Å². The van der Waals surface area contributed by atoms with Gasteiger partial charge in [-0.05, 0) is 19.3 Å². The predicted octanol–water partition coefficient (Wildman–Crippen LogP) is 4.63. The Bertz CT molecular complexity index is 121. The number of halogens is 1. The van der Waals surface area contributed by atoms with Crippen LogP contribution in [0.2, 0.25) is 0 Å². The first-order chi connectivity index (χ1) is 6.27. The minimum Gasteiger partial charge on any atom is -0.244 e. The summed E-state index contributed by atoms with van der Waals surface area (Å²) in [6.45, 7) is 2.09. The van der Waals surface area contributed by atoms with E-state index in [0.717, 1.165) is 38.5 Å². The molecule has 0 aromatic heterocycles. The minimum atomic E-state index is -0.806. The Morgan fingerprint density at radius 2 is 1.38 bits per heavy atom. The molecular weight excluding hydrogens is 163 g/mol. The fourth-order valence-corrected chi connectivity index (χ4v) is 2.41. The van der Waals surface area contributed by atoms with Gasteiger partial charge in [0.25, 0.3) is 0 Å². The first-order valence-electron chi connectivity index (χ1n) is 5.96. The standard InChI is InChI=1S/C12H23F/c1-2-9-12(13)10-7-5-3-4-6-8-11-12/h2-11H2,1H3. The van der Waals surface area contributed by atoms with Crippen molar-refractivity contribution in [3.63, 3.8) is 0 Å². The third-order valence-corrected chi connectivity index (χ3v) is 3.20. The summed E-state index contributed by atoms with van der Waals surface area (Å²) >= 11 is 0. The number of alkyl halides is 1. The second-order valence-electron chi connectivity index (χ2n) is 4.52. The second kappa shape index (κ2) is 5.62. The summed E-state index contributed by atoms with van der Waals surface area (Å²) in [5, 5.41) is 0. The van der Waals surface area contributed by atoms with Crippen LogP contribution in [0.4, 0.5) is 4.39 Å². The highest BCUT2D eigenvalue weighted by atomic mass is 19.1. The van der Waals surface area contributed by atoms with Gasteiger partial charge >= 0.3 is 0 Å². The molecule has 1 aliphatic carbocycles. The predicted molar refractivity (Wildman–Crippen MR) is 55.7 cm³/mol. The maximum atomic E-state index is 14.2. The Kier molecular flexibility index (Phi) is 4.76. The van der Waals surface area contributed by atoms with Crippen LogP contribution < -0.4 is 0 Å². The van der Waals surface area contributed by atoms with Crippen molar-refractivity contribution in [1.82, 2.24) is 0 Å². The SMILES string of the molecule is CCCC1(F)CCCCCCCC1. The van der Waals surface area contributed by atoms with Gasteiger partial charge in [-0.3, -0.25) is 0 Å². The van der Waals surface area contributed by atoms with Gasteiger partial charge in [0.2, 0.25) is 0 Å². The fraction of sp³-hybridized carbons (Fsp3) is 1.00. The lowest BCUT2D eigenvalue weighted by Gasteiger charge is -2.24. The number of rotatable bonds is 2. The van der Waals surface area contributed by atoms with Crippen LogP contribution in [0.3, 0.4) is 0 Å². The third-order valence-electron chi connectivity index (χ3n) is 3.20. The zero-order valence-electron chi connectivity index (χ0n) is 8.95. The van der Waals surface area contributed by atoms with E-state index in [1.54, 1.807) is 0 Å². The van der Waals surface area contributed by atoms with E-state index in [2.05, 4.69) is 6.92 Å². The Balaban J connectivity index is 2.39. The Morgan fingerprint density at radius 1 is 0.923 bits per heavy atom. The average Bonchev–Trinajstić information content (AvgIpc) is 2.18. The summed E-state index contributed by atoms with van der Waals surface area (Å²) in [6.07, 6.45) is 10.8. The molecule has 1 rings (SSSR count). The van der Waals surface area contributed by atoms with E-state index >= 15 is 0 Å². The quantitative estimate of drug-likeness (QED) is 0.590. The van der Waals surface area contributed by atoms with Gasteiger partial charge in [0.05, 0.1) is 0 Å². The van der Waals surface area contributed by atoms with Crippen molar-refractivity contribution in [3.8, 4) is 0 Å². The lowest BCUT2D eigenvalue weighted by atomic mass is 9.89. The van der Waals surface area contributed by atoms with Crippen LogP contribution in [0.5, 0.6) is 0 Å².